The van der Waals surface area contributed by atoms with Crippen LogP contribution in [0.15, 0.2) is 0 Å². The lowest BCUT2D eigenvalue weighted by molar-refractivity contribution is -0.133. The van der Waals surface area contributed by atoms with Gasteiger partial charge in [0, 0.05) is 30.0 Å². The van der Waals surface area contributed by atoms with Crippen molar-refractivity contribution in [1.82, 2.24) is 10.2 Å². The lowest BCUT2D eigenvalue weighted by Gasteiger charge is -2.33. The lowest BCUT2D eigenvalue weighted by atomic mass is 9.91. The van der Waals surface area contributed by atoms with Crippen molar-refractivity contribution in [3.05, 3.63) is 0 Å². The van der Waals surface area contributed by atoms with Gasteiger partial charge in [0.2, 0.25) is 5.91 Å². The number of carbonyl (C=O) groups is 1. The number of amides is 1. The summed E-state index contributed by atoms with van der Waals surface area (Å²) in [6.45, 7) is 6.42. The average molecular weight is 305 g/mol. The van der Waals surface area contributed by atoms with Crippen LogP contribution in [0.2, 0.25) is 0 Å². The van der Waals surface area contributed by atoms with Crippen molar-refractivity contribution in [3.63, 3.8) is 0 Å². The maximum absolute atomic E-state index is 12.6. The van der Waals surface area contributed by atoms with Gasteiger partial charge in [-0.15, -0.1) is 12.4 Å². The van der Waals surface area contributed by atoms with Gasteiger partial charge in [-0.2, -0.15) is 11.8 Å². The summed E-state index contributed by atoms with van der Waals surface area (Å²) in [5, 5.41) is 4.08. The van der Waals surface area contributed by atoms with Crippen LogP contribution >= 0.6 is 24.2 Å². The number of nitrogens with zero attached hydrogens (tertiary/aromatic N) is 1. The van der Waals surface area contributed by atoms with Gasteiger partial charge in [0.25, 0.3) is 0 Å². The van der Waals surface area contributed by atoms with Gasteiger partial charge in [0.15, 0.2) is 0 Å². The van der Waals surface area contributed by atoms with Crippen molar-refractivity contribution < 1.29 is 4.79 Å². The molecule has 0 aromatic heterocycles. The molecule has 19 heavy (non-hydrogen) atoms. The highest BCUT2D eigenvalue weighted by Crippen LogP contribution is 2.59. The quantitative estimate of drug-likeness (QED) is 0.848. The number of hydrogen-bond donors (Lipinski definition) is 1. The van der Waals surface area contributed by atoms with Gasteiger partial charge in [0.1, 0.15) is 0 Å². The van der Waals surface area contributed by atoms with E-state index in [1.807, 2.05) is 11.8 Å². The lowest BCUT2D eigenvalue weighted by Crippen LogP contribution is -2.43. The van der Waals surface area contributed by atoms with E-state index in [0.717, 1.165) is 38.4 Å². The third-order valence-corrected chi connectivity index (χ3v) is 6.37. The molecule has 3 fully saturated rings. The molecule has 1 N–H and O–H groups in total. The molecule has 0 bridgehead atoms. The first-order valence-corrected chi connectivity index (χ1v) is 8.41. The molecule has 1 amide bonds. The zero-order valence-corrected chi connectivity index (χ0v) is 13.3. The molecule has 0 aromatic rings. The van der Waals surface area contributed by atoms with E-state index in [-0.39, 0.29) is 12.4 Å². The molecule has 2 aliphatic heterocycles. The molecule has 110 valence electrons. The third-order valence-electron chi connectivity index (χ3n) is 4.99. The van der Waals surface area contributed by atoms with Crippen LogP contribution in [0.3, 0.4) is 0 Å². The Morgan fingerprint density at radius 1 is 1.42 bits per heavy atom. The normalized spacial score (nSPS) is 32.8. The monoisotopic (exact) mass is 304 g/mol. The van der Waals surface area contributed by atoms with Crippen LogP contribution in [0.25, 0.3) is 0 Å². The Bertz CT molecular complexity index is 329. The highest BCUT2D eigenvalue weighted by atomic mass is 35.5. The van der Waals surface area contributed by atoms with Gasteiger partial charge < -0.3 is 10.2 Å². The molecule has 2 unspecified atom stereocenters. The van der Waals surface area contributed by atoms with E-state index in [0.29, 0.717) is 22.5 Å². The molecule has 3 nitrogen and oxygen atoms in total. The van der Waals surface area contributed by atoms with Gasteiger partial charge in [-0.1, -0.05) is 6.92 Å². The van der Waals surface area contributed by atoms with Crippen LogP contribution in [0.5, 0.6) is 0 Å². The maximum atomic E-state index is 12.6. The fourth-order valence-corrected chi connectivity index (χ4v) is 4.74. The first-order chi connectivity index (χ1) is 8.75. The number of nitrogens with one attached hydrogen (secondary N) is 1. The molecule has 0 radical (unpaired) electrons. The van der Waals surface area contributed by atoms with Gasteiger partial charge in [-0.05, 0) is 44.2 Å². The molecule has 2 heterocycles. The van der Waals surface area contributed by atoms with Crippen molar-refractivity contribution >= 4 is 30.1 Å². The zero-order chi connectivity index (χ0) is 12.6. The molecule has 2 saturated heterocycles. The second kappa shape index (κ2) is 6.23. The summed E-state index contributed by atoms with van der Waals surface area (Å²) >= 11 is 2.04. The van der Waals surface area contributed by atoms with Gasteiger partial charge in [-0.25, -0.2) is 0 Å². The van der Waals surface area contributed by atoms with E-state index in [4.69, 9.17) is 0 Å². The summed E-state index contributed by atoms with van der Waals surface area (Å²) in [7, 11) is 0. The highest BCUT2D eigenvalue weighted by molar-refractivity contribution is 8.00. The fourth-order valence-electron chi connectivity index (χ4n) is 3.56. The van der Waals surface area contributed by atoms with Crippen LogP contribution in [0.4, 0.5) is 0 Å². The van der Waals surface area contributed by atoms with Crippen LogP contribution in [-0.4, -0.2) is 48.0 Å². The van der Waals surface area contributed by atoms with E-state index in [1.165, 1.54) is 19.3 Å². The summed E-state index contributed by atoms with van der Waals surface area (Å²) < 4.78 is 0. The van der Waals surface area contributed by atoms with Gasteiger partial charge in [-0.3, -0.25) is 4.79 Å². The SMILES string of the molecule is CCC1CN(C(=O)C2CC23CCNCC3)CCS1.Cl. The standard InChI is InChI=1S/C14H24N2OS.ClH/c1-2-11-10-16(7-8-18-11)13(17)12-9-14(12)3-5-15-6-4-14;/h11-12,15H,2-10H2,1H3;1H. The number of halogens is 1. The minimum absolute atomic E-state index is 0. The van der Waals surface area contributed by atoms with Crippen molar-refractivity contribution in [2.45, 2.75) is 37.9 Å². The minimum Gasteiger partial charge on any atom is -0.341 e. The fraction of sp³-hybridized carbons (Fsp3) is 0.929. The Balaban J connectivity index is 0.00000133. The third kappa shape index (κ3) is 3.06. The highest BCUT2D eigenvalue weighted by Gasteiger charge is 2.58. The van der Waals surface area contributed by atoms with Gasteiger partial charge >= 0.3 is 0 Å². The smallest absolute Gasteiger partial charge is 0.226 e. The topological polar surface area (TPSA) is 32.3 Å². The van der Waals surface area contributed by atoms with E-state index in [2.05, 4.69) is 17.1 Å². The van der Waals surface area contributed by atoms with Crippen molar-refractivity contribution in [1.29, 1.82) is 0 Å². The maximum Gasteiger partial charge on any atom is 0.226 e. The van der Waals surface area contributed by atoms with E-state index < -0.39 is 0 Å². The molecule has 3 aliphatic rings. The molecule has 2 atom stereocenters. The Morgan fingerprint density at radius 3 is 2.84 bits per heavy atom. The molecule has 5 heteroatoms. The minimum atomic E-state index is 0. The Hall–Kier alpha value is 0.0700. The van der Waals surface area contributed by atoms with E-state index in [1.54, 1.807) is 0 Å². The number of thioether (sulfide) groups is 1. The Morgan fingerprint density at radius 2 is 2.16 bits per heavy atom. The summed E-state index contributed by atoms with van der Waals surface area (Å²) in [6, 6.07) is 0. The van der Waals surface area contributed by atoms with Crippen LogP contribution < -0.4 is 5.32 Å². The average Bonchev–Trinajstić information content (AvgIpc) is 3.12. The predicted octanol–water partition coefficient (Wildman–Crippen LogP) is 2.15. The number of piperidine rings is 1. The molecular weight excluding hydrogens is 280 g/mol. The van der Waals surface area contributed by atoms with Crippen LogP contribution in [-0.2, 0) is 4.79 Å². The second-order valence-electron chi connectivity index (χ2n) is 6.05. The Kier molecular flexibility index (Phi) is 5.07. The summed E-state index contributed by atoms with van der Waals surface area (Å²) in [6.07, 6.45) is 4.77. The summed E-state index contributed by atoms with van der Waals surface area (Å²) in [5.74, 6) is 1.96. The van der Waals surface area contributed by atoms with Crippen LogP contribution in [0, 0.1) is 11.3 Å². The van der Waals surface area contributed by atoms with Crippen molar-refractivity contribution in [2.24, 2.45) is 11.3 Å². The first kappa shape index (κ1) is 15.5. The van der Waals surface area contributed by atoms with E-state index >= 15 is 0 Å². The number of hydrogen-bond acceptors (Lipinski definition) is 3. The van der Waals surface area contributed by atoms with Crippen LogP contribution in [0.1, 0.15) is 32.6 Å². The first-order valence-electron chi connectivity index (χ1n) is 7.36. The molecule has 1 aliphatic carbocycles. The zero-order valence-electron chi connectivity index (χ0n) is 11.7. The molecule has 1 saturated carbocycles. The second-order valence-corrected chi connectivity index (χ2v) is 7.46. The predicted molar refractivity (Wildman–Crippen MR) is 83.0 cm³/mol. The number of rotatable bonds is 2. The van der Waals surface area contributed by atoms with E-state index in [9.17, 15) is 4.79 Å². The number of carbonyl (C=O) groups excluding carboxylic acids is 1. The van der Waals surface area contributed by atoms with Gasteiger partial charge in [0.05, 0.1) is 0 Å². The Labute approximate surface area is 126 Å². The molecule has 1 spiro atoms. The summed E-state index contributed by atoms with van der Waals surface area (Å²) in [4.78, 5) is 14.8. The molecule has 3 rings (SSSR count). The molecular formula is C14H25ClN2OS. The summed E-state index contributed by atoms with van der Waals surface area (Å²) in [5.41, 5.74) is 0.397. The van der Waals surface area contributed by atoms with Crippen molar-refractivity contribution in [3.8, 4) is 0 Å². The van der Waals surface area contributed by atoms with Crippen molar-refractivity contribution in [2.75, 3.05) is 31.9 Å². The largest absolute Gasteiger partial charge is 0.341 e. The molecule has 0 aromatic carbocycles.